The fourth-order valence-electron chi connectivity index (χ4n) is 3.69. The van der Waals surface area contributed by atoms with Crippen molar-refractivity contribution < 1.29 is 19.5 Å². The number of urea groups is 1. The van der Waals surface area contributed by atoms with Crippen molar-refractivity contribution in [1.82, 2.24) is 15.5 Å². The number of amides is 3. The molecule has 7 nitrogen and oxygen atoms in total. The summed E-state index contributed by atoms with van der Waals surface area (Å²) < 4.78 is 0. The van der Waals surface area contributed by atoms with Gasteiger partial charge in [0.25, 0.3) is 0 Å². The number of carbonyl (C=O) groups is 3. The molecule has 1 saturated heterocycles. The zero-order valence-electron chi connectivity index (χ0n) is 15.3. The van der Waals surface area contributed by atoms with Gasteiger partial charge in [0.15, 0.2) is 0 Å². The summed E-state index contributed by atoms with van der Waals surface area (Å²) in [6.45, 7) is 4.87. The molecule has 25 heavy (non-hydrogen) atoms. The van der Waals surface area contributed by atoms with Gasteiger partial charge in [-0.1, -0.05) is 26.7 Å². The van der Waals surface area contributed by atoms with Gasteiger partial charge in [-0.15, -0.1) is 0 Å². The van der Waals surface area contributed by atoms with Crippen LogP contribution >= 0.6 is 0 Å². The van der Waals surface area contributed by atoms with Crippen molar-refractivity contribution in [3.8, 4) is 0 Å². The Bertz CT molecular complexity index is 489. The third-order valence-corrected chi connectivity index (χ3v) is 5.08. The van der Waals surface area contributed by atoms with Crippen LogP contribution in [0.4, 0.5) is 4.79 Å². The van der Waals surface area contributed by atoms with Crippen LogP contribution in [0.3, 0.4) is 0 Å². The summed E-state index contributed by atoms with van der Waals surface area (Å²) in [7, 11) is 0. The Balaban J connectivity index is 1.87. The van der Waals surface area contributed by atoms with Crippen LogP contribution in [0.5, 0.6) is 0 Å². The van der Waals surface area contributed by atoms with E-state index in [1.54, 1.807) is 4.90 Å². The van der Waals surface area contributed by atoms with Crippen LogP contribution in [-0.2, 0) is 9.59 Å². The lowest BCUT2D eigenvalue weighted by Gasteiger charge is -2.33. The Hall–Kier alpha value is -1.79. The topological polar surface area (TPSA) is 98.7 Å². The Labute approximate surface area is 149 Å². The Morgan fingerprint density at radius 1 is 1.12 bits per heavy atom. The SMILES string of the molecule is CC(C)CC(NC(=O)C1CCCN(C(=O)NC2CCCC2)C1)C(=O)O. The summed E-state index contributed by atoms with van der Waals surface area (Å²) in [5.41, 5.74) is 0. The molecule has 2 atom stereocenters. The molecule has 2 aliphatic rings. The van der Waals surface area contributed by atoms with E-state index in [1.807, 2.05) is 13.8 Å². The van der Waals surface area contributed by atoms with Crippen molar-refractivity contribution >= 4 is 17.9 Å². The van der Waals surface area contributed by atoms with Crippen LogP contribution in [0.2, 0.25) is 0 Å². The quantitative estimate of drug-likeness (QED) is 0.680. The fourth-order valence-corrected chi connectivity index (χ4v) is 3.69. The molecular weight excluding hydrogens is 322 g/mol. The van der Waals surface area contributed by atoms with Crippen molar-refractivity contribution in [3.63, 3.8) is 0 Å². The van der Waals surface area contributed by atoms with Crippen LogP contribution in [0.25, 0.3) is 0 Å². The first-order chi connectivity index (χ1) is 11.9. The number of hydrogen-bond acceptors (Lipinski definition) is 3. The zero-order chi connectivity index (χ0) is 18.4. The van der Waals surface area contributed by atoms with E-state index in [9.17, 15) is 19.5 Å². The second kappa shape index (κ2) is 9.06. The molecule has 3 amide bonds. The Morgan fingerprint density at radius 2 is 1.80 bits per heavy atom. The van der Waals surface area contributed by atoms with E-state index in [2.05, 4.69) is 10.6 Å². The van der Waals surface area contributed by atoms with Gasteiger partial charge in [0.1, 0.15) is 6.04 Å². The van der Waals surface area contributed by atoms with E-state index in [0.717, 1.165) is 32.1 Å². The lowest BCUT2D eigenvalue weighted by atomic mass is 9.96. The average molecular weight is 353 g/mol. The third kappa shape index (κ3) is 5.90. The molecule has 0 bridgehead atoms. The molecule has 0 aromatic heterocycles. The highest BCUT2D eigenvalue weighted by molar-refractivity contribution is 5.85. The molecule has 1 heterocycles. The second-order valence-electron chi connectivity index (χ2n) is 7.74. The molecule has 142 valence electrons. The van der Waals surface area contributed by atoms with Gasteiger partial charge in [0, 0.05) is 19.1 Å². The van der Waals surface area contributed by atoms with E-state index < -0.39 is 12.0 Å². The van der Waals surface area contributed by atoms with Crippen molar-refractivity contribution in [1.29, 1.82) is 0 Å². The predicted octanol–water partition coefficient (Wildman–Crippen LogP) is 1.97. The van der Waals surface area contributed by atoms with Crippen LogP contribution in [0.15, 0.2) is 0 Å². The molecule has 1 aliphatic carbocycles. The lowest BCUT2D eigenvalue weighted by molar-refractivity contribution is -0.143. The van der Waals surface area contributed by atoms with E-state index in [1.165, 1.54) is 0 Å². The first-order valence-electron chi connectivity index (χ1n) is 9.45. The Morgan fingerprint density at radius 3 is 2.40 bits per heavy atom. The van der Waals surface area contributed by atoms with E-state index in [-0.39, 0.29) is 29.8 Å². The molecule has 0 spiro atoms. The maximum atomic E-state index is 12.5. The summed E-state index contributed by atoms with van der Waals surface area (Å²) in [4.78, 5) is 37.9. The van der Waals surface area contributed by atoms with Crippen LogP contribution in [-0.4, -0.2) is 53.1 Å². The normalized spacial score (nSPS) is 22.7. The Kier molecular flexibility index (Phi) is 7.08. The smallest absolute Gasteiger partial charge is 0.326 e. The monoisotopic (exact) mass is 353 g/mol. The largest absolute Gasteiger partial charge is 0.480 e. The van der Waals surface area contributed by atoms with Gasteiger partial charge in [-0.2, -0.15) is 0 Å². The molecule has 2 rings (SSSR count). The summed E-state index contributed by atoms with van der Waals surface area (Å²) in [5, 5.41) is 15.0. The van der Waals surface area contributed by atoms with Crippen LogP contribution in [0.1, 0.15) is 58.8 Å². The fraction of sp³-hybridized carbons (Fsp3) is 0.833. The second-order valence-corrected chi connectivity index (χ2v) is 7.74. The van der Waals surface area contributed by atoms with E-state index in [0.29, 0.717) is 25.9 Å². The number of piperidine rings is 1. The highest BCUT2D eigenvalue weighted by atomic mass is 16.4. The maximum absolute atomic E-state index is 12.5. The minimum Gasteiger partial charge on any atom is -0.480 e. The summed E-state index contributed by atoms with van der Waals surface area (Å²) in [6.07, 6.45) is 6.22. The zero-order valence-corrected chi connectivity index (χ0v) is 15.3. The van der Waals surface area contributed by atoms with Crippen LogP contribution in [0, 0.1) is 11.8 Å². The van der Waals surface area contributed by atoms with Gasteiger partial charge in [-0.25, -0.2) is 9.59 Å². The molecule has 1 saturated carbocycles. The molecule has 0 aromatic carbocycles. The standard InChI is InChI=1S/C18H31N3O4/c1-12(2)10-15(17(23)24)20-16(22)13-6-5-9-21(11-13)18(25)19-14-7-3-4-8-14/h12-15H,3-11H2,1-2H3,(H,19,25)(H,20,22)(H,23,24). The van der Waals surface area contributed by atoms with Gasteiger partial charge in [0.2, 0.25) is 5.91 Å². The predicted molar refractivity (Wildman–Crippen MR) is 94.1 cm³/mol. The molecule has 0 radical (unpaired) electrons. The summed E-state index contributed by atoms with van der Waals surface area (Å²) >= 11 is 0. The number of nitrogens with one attached hydrogen (secondary N) is 2. The van der Waals surface area contributed by atoms with Gasteiger partial charge in [-0.3, -0.25) is 4.79 Å². The number of likely N-dealkylation sites (tertiary alicyclic amines) is 1. The van der Waals surface area contributed by atoms with Crippen molar-refractivity contribution in [2.45, 2.75) is 70.9 Å². The number of carboxylic acids is 1. The van der Waals surface area contributed by atoms with Crippen molar-refractivity contribution in [2.75, 3.05) is 13.1 Å². The first kappa shape index (κ1) is 19.5. The van der Waals surface area contributed by atoms with E-state index in [4.69, 9.17) is 0 Å². The molecule has 7 heteroatoms. The van der Waals surface area contributed by atoms with Crippen molar-refractivity contribution in [2.24, 2.45) is 11.8 Å². The summed E-state index contributed by atoms with van der Waals surface area (Å²) in [6, 6.07) is -0.708. The molecular formula is C18H31N3O4. The number of nitrogens with zero attached hydrogens (tertiary/aromatic N) is 1. The minimum absolute atomic E-state index is 0.0960. The molecule has 0 aromatic rings. The van der Waals surface area contributed by atoms with Gasteiger partial charge in [0.05, 0.1) is 5.92 Å². The lowest BCUT2D eigenvalue weighted by Crippen LogP contribution is -2.52. The van der Waals surface area contributed by atoms with Crippen molar-refractivity contribution in [3.05, 3.63) is 0 Å². The number of hydrogen-bond donors (Lipinski definition) is 3. The third-order valence-electron chi connectivity index (χ3n) is 5.08. The average Bonchev–Trinajstić information content (AvgIpc) is 3.06. The first-order valence-corrected chi connectivity index (χ1v) is 9.45. The maximum Gasteiger partial charge on any atom is 0.326 e. The molecule has 1 aliphatic heterocycles. The highest BCUT2D eigenvalue weighted by Gasteiger charge is 2.32. The summed E-state index contributed by atoms with van der Waals surface area (Å²) in [5.74, 6) is -1.42. The van der Waals surface area contributed by atoms with Gasteiger partial charge in [-0.05, 0) is 38.0 Å². The molecule has 3 N–H and O–H groups in total. The minimum atomic E-state index is -1.01. The number of carbonyl (C=O) groups excluding carboxylic acids is 2. The van der Waals surface area contributed by atoms with Gasteiger partial charge >= 0.3 is 12.0 Å². The molecule has 2 unspecified atom stereocenters. The van der Waals surface area contributed by atoms with Gasteiger partial charge < -0.3 is 20.6 Å². The molecule has 2 fully saturated rings. The number of carboxylic acid groups (broad SMARTS) is 1. The number of aliphatic carboxylic acids is 1. The highest BCUT2D eigenvalue weighted by Crippen LogP contribution is 2.20. The van der Waals surface area contributed by atoms with Crippen LogP contribution < -0.4 is 10.6 Å². The number of rotatable bonds is 6. The van der Waals surface area contributed by atoms with E-state index >= 15 is 0 Å².